The van der Waals surface area contributed by atoms with Gasteiger partial charge in [0.05, 0.1) is 0 Å². The quantitative estimate of drug-likeness (QED) is 0.433. The molecule has 0 spiro atoms. The van der Waals surface area contributed by atoms with Crippen LogP contribution in [0.5, 0.6) is 0 Å². The van der Waals surface area contributed by atoms with Crippen molar-refractivity contribution in [1.82, 2.24) is 14.8 Å². The van der Waals surface area contributed by atoms with Crippen LogP contribution in [0.3, 0.4) is 0 Å². The molecule has 138 valence electrons. The van der Waals surface area contributed by atoms with Gasteiger partial charge >= 0.3 is 0 Å². The Morgan fingerprint density at radius 1 is 1.27 bits per heavy atom. The number of thioether (sulfide) groups is 1. The summed E-state index contributed by atoms with van der Waals surface area (Å²) in [7, 11) is 0. The summed E-state index contributed by atoms with van der Waals surface area (Å²) in [5, 5.41) is 12.2. The Hall–Kier alpha value is -1.37. The maximum Gasteiger partial charge on any atom is 0.192 e. The molecule has 0 radical (unpaired) electrons. The summed E-state index contributed by atoms with van der Waals surface area (Å²) < 4.78 is 16.2. The first-order chi connectivity index (χ1) is 12.4. The number of hydrogen-bond donors (Lipinski definition) is 0. The van der Waals surface area contributed by atoms with E-state index in [9.17, 15) is 4.39 Å². The van der Waals surface area contributed by atoms with E-state index in [1.54, 1.807) is 23.5 Å². The Balaban J connectivity index is 1.95. The van der Waals surface area contributed by atoms with Crippen molar-refractivity contribution in [2.24, 2.45) is 0 Å². The SMILES string of the molecule is CCc1c(-c2nnc(SCc3c(F)cccc3Cl)n2C(C)C)csc1C. The zero-order valence-electron chi connectivity index (χ0n) is 15.2. The highest BCUT2D eigenvalue weighted by Gasteiger charge is 2.21. The van der Waals surface area contributed by atoms with Crippen molar-refractivity contribution in [3.63, 3.8) is 0 Å². The van der Waals surface area contributed by atoms with Gasteiger partial charge in [0.1, 0.15) is 5.82 Å². The Labute approximate surface area is 166 Å². The van der Waals surface area contributed by atoms with Crippen LogP contribution in [0.4, 0.5) is 4.39 Å². The first kappa shape index (κ1) is 19.4. The number of benzene rings is 1. The van der Waals surface area contributed by atoms with E-state index in [-0.39, 0.29) is 11.9 Å². The minimum Gasteiger partial charge on any atom is -0.299 e. The topological polar surface area (TPSA) is 30.7 Å². The third kappa shape index (κ3) is 3.68. The molecule has 0 saturated heterocycles. The molecule has 0 bridgehead atoms. The first-order valence-electron chi connectivity index (χ1n) is 8.51. The minimum atomic E-state index is -0.289. The van der Waals surface area contributed by atoms with E-state index in [1.807, 2.05) is 0 Å². The molecule has 0 fully saturated rings. The van der Waals surface area contributed by atoms with Crippen molar-refractivity contribution in [3.8, 4) is 11.4 Å². The molecule has 2 aromatic heterocycles. The van der Waals surface area contributed by atoms with Gasteiger partial charge in [-0.25, -0.2) is 4.39 Å². The Morgan fingerprint density at radius 3 is 2.69 bits per heavy atom. The Kier molecular flexibility index (Phi) is 6.05. The van der Waals surface area contributed by atoms with Gasteiger partial charge in [0.2, 0.25) is 0 Å². The van der Waals surface area contributed by atoms with Gasteiger partial charge in [-0.15, -0.1) is 21.5 Å². The normalized spacial score (nSPS) is 11.5. The third-order valence-electron chi connectivity index (χ3n) is 4.29. The molecule has 3 aromatic rings. The highest BCUT2D eigenvalue weighted by atomic mass is 35.5. The van der Waals surface area contributed by atoms with Crippen LogP contribution < -0.4 is 0 Å². The molecule has 0 aliphatic carbocycles. The second-order valence-electron chi connectivity index (χ2n) is 6.30. The Bertz CT molecular complexity index is 897. The number of aromatic nitrogens is 3. The van der Waals surface area contributed by atoms with E-state index < -0.39 is 0 Å². The van der Waals surface area contributed by atoms with Crippen molar-refractivity contribution < 1.29 is 4.39 Å². The number of hydrogen-bond acceptors (Lipinski definition) is 4. The lowest BCUT2D eigenvalue weighted by atomic mass is 10.1. The van der Waals surface area contributed by atoms with Gasteiger partial charge in [-0.2, -0.15) is 0 Å². The zero-order valence-corrected chi connectivity index (χ0v) is 17.6. The molecule has 0 aliphatic rings. The molecule has 3 nitrogen and oxygen atoms in total. The lowest BCUT2D eigenvalue weighted by molar-refractivity contribution is 0.555. The molecule has 2 heterocycles. The highest BCUT2D eigenvalue weighted by Crippen LogP contribution is 2.35. The van der Waals surface area contributed by atoms with Crippen molar-refractivity contribution in [2.45, 2.75) is 51.1 Å². The molecule has 1 aromatic carbocycles. The summed E-state index contributed by atoms with van der Waals surface area (Å²) in [6.07, 6.45) is 0.961. The smallest absolute Gasteiger partial charge is 0.192 e. The highest BCUT2D eigenvalue weighted by molar-refractivity contribution is 7.98. The molecular formula is C19H21ClFN3S2. The standard InChI is InChI=1S/C19H21ClFN3S2/c1-5-13-12(4)25-9-14(13)18-22-23-19(24(18)11(2)3)26-10-15-16(20)7-6-8-17(15)21/h6-9,11H,5,10H2,1-4H3. The molecule has 7 heteroatoms. The van der Waals surface area contributed by atoms with E-state index in [0.717, 1.165) is 23.0 Å². The maximum atomic E-state index is 14.0. The van der Waals surface area contributed by atoms with Crippen LogP contribution in [0.25, 0.3) is 11.4 Å². The van der Waals surface area contributed by atoms with Gasteiger partial charge in [-0.3, -0.25) is 4.57 Å². The molecule has 0 N–H and O–H groups in total. The fraction of sp³-hybridized carbons (Fsp3) is 0.368. The largest absolute Gasteiger partial charge is 0.299 e. The van der Waals surface area contributed by atoms with Crippen LogP contribution >= 0.6 is 34.7 Å². The number of nitrogens with zero attached hydrogens (tertiary/aromatic N) is 3. The van der Waals surface area contributed by atoms with Crippen molar-refractivity contribution in [3.05, 3.63) is 50.4 Å². The average Bonchev–Trinajstić information content (AvgIpc) is 3.17. The third-order valence-corrected chi connectivity index (χ3v) is 6.56. The van der Waals surface area contributed by atoms with E-state index in [2.05, 4.69) is 47.8 Å². The van der Waals surface area contributed by atoms with E-state index in [0.29, 0.717) is 16.3 Å². The van der Waals surface area contributed by atoms with Crippen LogP contribution in [0.15, 0.2) is 28.7 Å². The second-order valence-corrected chi connectivity index (χ2v) is 8.73. The summed E-state index contributed by atoms with van der Waals surface area (Å²) in [5.74, 6) is 1.01. The van der Waals surface area contributed by atoms with Crippen LogP contribution in [0.2, 0.25) is 5.02 Å². The molecular weight excluding hydrogens is 389 g/mol. The van der Waals surface area contributed by atoms with E-state index in [1.165, 1.54) is 28.3 Å². The molecule has 0 amide bonds. The van der Waals surface area contributed by atoms with Crippen molar-refractivity contribution in [1.29, 1.82) is 0 Å². The fourth-order valence-electron chi connectivity index (χ4n) is 2.94. The zero-order chi connectivity index (χ0) is 18.8. The van der Waals surface area contributed by atoms with Gasteiger partial charge in [-0.1, -0.05) is 36.4 Å². The summed E-state index contributed by atoms with van der Waals surface area (Å²) in [6, 6.07) is 4.96. The molecule has 0 aliphatic heterocycles. The van der Waals surface area contributed by atoms with Crippen molar-refractivity contribution >= 4 is 34.7 Å². The summed E-state index contributed by atoms with van der Waals surface area (Å²) in [5.41, 5.74) is 2.96. The van der Waals surface area contributed by atoms with Crippen LogP contribution in [-0.4, -0.2) is 14.8 Å². The lowest BCUT2D eigenvalue weighted by Crippen LogP contribution is -2.06. The number of halogens is 2. The Morgan fingerprint density at radius 2 is 2.04 bits per heavy atom. The van der Waals surface area contributed by atoms with Gasteiger partial charge in [-0.05, 0) is 44.9 Å². The lowest BCUT2D eigenvalue weighted by Gasteiger charge is -2.14. The average molecular weight is 410 g/mol. The minimum absolute atomic E-state index is 0.198. The first-order valence-corrected chi connectivity index (χ1v) is 10.8. The molecule has 3 rings (SSSR count). The molecule has 0 atom stereocenters. The van der Waals surface area contributed by atoms with Gasteiger partial charge < -0.3 is 0 Å². The molecule has 0 unspecified atom stereocenters. The van der Waals surface area contributed by atoms with E-state index >= 15 is 0 Å². The van der Waals surface area contributed by atoms with Crippen molar-refractivity contribution in [2.75, 3.05) is 0 Å². The maximum absolute atomic E-state index is 14.0. The second kappa shape index (κ2) is 8.11. The van der Waals surface area contributed by atoms with Crippen LogP contribution in [-0.2, 0) is 12.2 Å². The summed E-state index contributed by atoms with van der Waals surface area (Å²) in [6.45, 7) is 8.51. The van der Waals surface area contributed by atoms with Gasteiger partial charge in [0, 0.05) is 38.2 Å². The fourth-order valence-corrected chi connectivity index (χ4v) is 5.29. The van der Waals surface area contributed by atoms with Gasteiger partial charge in [0.15, 0.2) is 11.0 Å². The number of aryl methyl sites for hydroxylation is 1. The molecule has 0 saturated carbocycles. The van der Waals surface area contributed by atoms with Crippen LogP contribution in [0.1, 0.15) is 42.8 Å². The summed E-state index contributed by atoms with van der Waals surface area (Å²) in [4.78, 5) is 1.31. The number of thiophene rings is 1. The van der Waals surface area contributed by atoms with Crippen LogP contribution in [0, 0.1) is 12.7 Å². The monoisotopic (exact) mass is 409 g/mol. The summed E-state index contributed by atoms with van der Waals surface area (Å²) >= 11 is 9.35. The number of rotatable bonds is 6. The predicted molar refractivity (Wildman–Crippen MR) is 109 cm³/mol. The van der Waals surface area contributed by atoms with Gasteiger partial charge in [0.25, 0.3) is 0 Å². The molecule has 26 heavy (non-hydrogen) atoms. The van der Waals surface area contributed by atoms with E-state index in [4.69, 9.17) is 11.6 Å². The predicted octanol–water partition coefficient (Wildman–Crippen LogP) is 6.54.